The number of aromatic nitrogens is 4. The number of anilines is 1. The lowest BCUT2D eigenvalue weighted by Gasteiger charge is -1.95. The molecular formula is C12H11N5O. The van der Waals surface area contributed by atoms with Gasteiger partial charge in [-0.2, -0.15) is 4.98 Å². The van der Waals surface area contributed by atoms with Crippen molar-refractivity contribution in [2.75, 3.05) is 5.73 Å². The van der Waals surface area contributed by atoms with Gasteiger partial charge in [0.05, 0.1) is 0 Å². The van der Waals surface area contributed by atoms with Crippen molar-refractivity contribution in [3.63, 3.8) is 0 Å². The quantitative estimate of drug-likeness (QED) is 0.691. The fourth-order valence-electron chi connectivity index (χ4n) is 1.64. The third-order valence-corrected chi connectivity index (χ3v) is 2.60. The van der Waals surface area contributed by atoms with Gasteiger partial charge in [0.15, 0.2) is 5.82 Å². The van der Waals surface area contributed by atoms with Crippen LogP contribution in [0, 0.1) is 0 Å². The zero-order valence-electron chi connectivity index (χ0n) is 9.74. The van der Waals surface area contributed by atoms with Crippen LogP contribution >= 0.6 is 0 Å². The van der Waals surface area contributed by atoms with E-state index in [9.17, 15) is 0 Å². The molecule has 0 radical (unpaired) electrons. The summed E-state index contributed by atoms with van der Waals surface area (Å²) in [7, 11) is 1.88. The minimum Gasteiger partial charge on any atom is -0.399 e. The van der Waals surface area contributed by atoms with Gasteiger partial charge in [0.2, 0.25) is 5.82 Å². The van der Waals surface area contributed by atoms with Crippen molar-refractivity contribution in [1.82, 2.24) is 19.7 Å². The minimum atomic E-state index is 0.452. The summed E-state index contributed by atoms with van der Waals surface area (Å²) in [4.78, 5) is 8.48. The predicted octanol–water partition coefficient (Wildman–Crippen LogP) is 1.72. The van der Waals surface area contributed by atoms with Gasteiger partial charge in [-0.25, -0.2) is 4.98 Å². The second kappa shape index (κ2) is 3.99. The van der Waals surface area contributed by atoms with E-state index < -0.39 is 0 Å². The molecule has 2 N–H and O–H groups in total. The van der Waals surface area contributed by atoms with Gasteiger partial charge in [-0.1, -0.05) is 5.16 Å². The van der Waals surface area contributed by atoms with Crippen LogP contribution in [0.15, 0.2) is 41.2 Å². The maximum Gasteiger partial charge on any atom is 0.258 e. The first-order chi connectivity index (χ1) is 8.74. The number of nitrogen functional groups attached to an aromatic ring is 1. The average molecular weight is 241 g/mol. The van der Waals surface area contributed by atoms with Crippen LogP contribution in [-0.2, 0) is 7.05 Å². The maximum atomic E-state index is 5.63. The molecule has 6 nitrogen and oxygen atoms in total. The summed E-state index contributed by atoms with van der Waals surface area (Å²) in [6.45, 7) is 0. The first-order valence-electron chi connectivity index (χ1n) is 5.41. The van der Waals surface area contributed by atoms with Gasteiger partial charge >= 0.3 is 0 Å². The fraction of sp³-hybridized carbons (Fsp3) is 0.0833. The average Bonchev–Trinajstić information content (AvgIpc) is 2.98. The minimum absolute atomic E-state index is 0.452. The van der Waals surface area contributed by atoms with Crippen molar-refractivity contribution in [2.24, 2.45) is 7.05 Å². The highest BCUT2D eigenvalue weighted by Gasteiger charge is 2.13. The molecule has 3 aromatic rings. The highest BCUT2D eigenvalue weighted by atomic mass is 16.5. The van der Waals surface area contributed by atoms with Crippen LogP contribution in [-0.4, -0.2) is 19.7 Å². The molecule has 0 atom stereocenters. The second-order valence-electron chi connectivity index (χ2n) is 3.91. The van der Waals surface area contributed by atoms with Gasteiger partial charge in [0.25, 0.3) is 5.89 Å². The number of hydrogen-bond donors (Lipinski definition) is 1. The van der Waals surface area contributed by atoms with Crippen LogP contribution in [0.4, 0.5) is 5.69 Å². The number of hydrogen-bond acceptors (Lipinski definition) is 5. The van der Waals surface area contributed by atoms with Crippen LogP contribution < -0.4 is 5.73 Å². The summed E-state index contributed by atoms with van der Waals surface area (Å²) in [5, 5.41) is 3.92. The lowest BCUT2D eigenvalue weighted by molar-refractivity contribution is 0.431. The van der Waals surface area contributed by atoms with E-state index in [0.29, 0.717) is 23.2 Å². The molecule has 90 valence electrons. The number of imidazole rings is 1. The molecule has 0 amide bonds. The Kier molecular flexibility index (Phi) is 2.33. The number of benzene rings is 1. The standard InChI is InChI=1S/C12H11N5O/c1-17-7-6-14-11(17)10-15-12(18-16-10)8-2-4-9(13)5-3-8/h2-7H,13H2,1H3. The molecule has 0 aliphatic heterocycles. The van der Waals surface area contributed by atoms with Crippen molar-refractivity contribution < 1.29 is 4.52 Å². The topological polar surface area (TPSA) is 82.8 Å². The summed E-state index contributed by atoms with van der Waals surface area (Å²) in [5.41, 5.74) is 7.15. The van der Waals surface area contributed by atoms with Gasteiger partial charge in [0, 0.05) is 30.7 Å². The van der Waals surface area contributed by atoms with E-state index in [1.165, 1.54) is 0 Å². The Balaban J connectivity index is 1.99. The van der Waals surface area contributed by atoms with Crippen molar-refractivity contribution in [1.29, 1.82) is 0 Å². The van der Waals surface area contributed by atoms with E-state index in [4.69, 9.17) is 10.3 Å². The molecule has 0 aliphatic carbocycles. The van der Waals surface area contributed by atoms with Gasteiger partial charge in [-0.15, -0.1) is 0 Å². The van der Waals surface area contributed by atoms with Crippen LogP contribution in [0.2, 0.25) is 0 Å². The van der Waals surface area contributed by atoms with Crippen molar-refractivity contribution in [3.8, 4) is 23.1 Å². The van der Waals surface area contributed by atoms with Crippen molar-refractivity contribution in [2.45, 2.75) is 0 Å². The smallest absolute Gasteiger partial charge is 0.258 e. The Bertz CT molecular complexity index is 668. The number of aryl methyl sites for hydroxylation is 1. The molecule has 0 bridgehead atoms. The third-order valence-electron chi connectivity index (χ3n) is 2.60. The Morgan fingerprint density at radius 1 is 1.22 bits per heavy atom. The zero-order valence-corrected chi connectivity index (χ0v) is 9.74. The Labute approximate surface area is 103 Å². The van der Waals surface area contributed by atoms with Crippen LogP contribution in [0.5, 0.6) is 0 Å². The molecule has 0 spiro atoms. The van der Waals surface area contributed by atoms with E-state index in [-0.39, 0.29) is 0 Å². The van der Waals surface area contributed by atoms with Gasteiger partial charge in [-0.3, -0.25) is 0 Å². The maximum absolute atomic E-state index is 5.63. The summed E-state index contributed by atoms with van der Waals surface area (Å²) in [6.07, 6.45) is 3.52. The lowest BCUT2D eigenvalue weighted by Crippen LogP contribution is -1.92. The van der Waals surface area contributed by atoms with E-state index in [1.807, 2.05) is 29.9 Å². The molecule has 2 heterocycles. The third kappa shape index (κ3) is 1.73. The molecule has 18 heavy (non-hydrogen) atoms. The SMILES string of the molecule is Cn1ccnc1-c1noc(-c2ccc(N)cc2)n1. The molecule has 2 aromatic heterocycles. The summed E-state index contributed by atoms with van der Waals surface area (Å²) >= 11 is 0. The molecule has 0 aliphatic rings. The largest absolute Gasteiger partial charge is 0.399 e. The molecule has 0 saturated heterocycles. The molecule has 0 saturated carbocycles. The Hall–Kier alpha value is -2.63. The summed E-state index contributed by atoms with van der Waals surface area (Å²) in [5.74, 6) is 1.59. The summed E-state index contributed by atoms with van der Waals surface area (Å²) < 4.78 is 7.05. The van der Waals surface area contributed by atoms with E-state index >= 15 is 0 Å². The summed E-state index contributed by atoms with van der Waals surface area (Å²) in [6, 6.07) is 7.26. The molecule has 6 heteroatoms. The number of nitrogens with zero attached hydrogens (tertiary/aromatic N) is 4. The predicted molar refractivity (Wildman–Crippen MR) is 66.3 cm³/mol. The van der Waals surface area contributed by atoms with E-state index in [2.05, 4.69) is 15.1 Å². The molecule has 3 rings (SSSR count). The van der Waals surface area contributed by atoms with Gasteiger partial charge in [-0.05, 0) is 24.3 Å². The highest BCUT2D eigenvalue weighted by Crippen LogP contribution is 2.21. The monoisotopic (exact) mass is 241 g/mol. The number of nitrogens with two attached hydrogens (primary N) is 1. The van der Waals surface area contributed by atoms with Crippen LogP contribution in [0.1, 0.15) is 0 Å². The van der Waals surface area contributed by atoms with Gasteiger partial charge in [0.1, 0.15) is 0 Å². The molecule has 1 aromatic carbocycles. The van der Waals surface area contributed by atoms with Gasteiger partial charge < -0.3 is 14.8 Å². The van der Waals surface area contributed by atoms with E-state index in [1.54, 1.807) is 18.3 Å². The lowest BCUT2D eigenvalue weighted by atomic mass is 10.2. The first-order valence-corrected chi connectivity index (χ1v) is 5.41. The van der Waals surface area contributed by atoms with Crippen LogP contribution in [0.3, 0.4) is 0 Å². The first kappa shape index (κ1) is 10.5. The highest BCUT2D eigenvalue weighted by molar-refractivity contribution is 5.59. The molecule has 0 unspecified atom stereocenters. The van der Waals surface area contributed by atoms with Crippen molar-refractivity contribution >= 4 is 5.69 Å². The molecule has 0 fully saturated rings. The van der Waals surface area contributed by atoms with E-state index in [0.717, 1.165) is 5.56 Å². The second-order valence-corrected chi connectivity index (χ2v) is 3.91. The normalized spacial score (nSPS) is 10.7. The Morgan fingerprint density at radius 2 is 2.00 bits per heavy atom. The molecular weight excluding hydrogens is 230 g/mol. The number of rotatable bonds is 2. The van der Waals surface area contributed by atoms with Crippen molar-refractivity contribution in [3.05, 3.63) is 36.7 Å². The zero-order chi connectivity index (χ0) is 12.5. The fourth-order valence-corrected chi connectivity index (χ4v) is 1.64. The van der Waals surface area contributed by atoms with Crippen LogP contribution in [0.25, 0.3) is 23.1 Å². The Morgan fingerprint density at radius 3 is 2.67 bits per heavy atom.